The maximum Gasteiger partial charge on any atom is 0.0587 e. The summed E-state index contributed by atoms with van der Waals surface area (Å²) in [5.74, 6) is 0.881. The van der Waals surface area contributed by atoms with Crippen LogP contribution in [0.5, 0.6) is 0 Å². The minimum atomic E-state index is 0.377. The molecule has 0 aromatic heterocycles. The van der Waals surface area contributed by atoms with Crippen molar-refractivity contribution in [1.29, 1.82) is 0 Å². The topological polar surface area (TPSA) is 21.3 Å². The van der Waals surface area contributed by atoms with E-state index in [9.17, 15) is 0 Å². The average Bonchev–Trinajstić information content (AvgIpc) is 3.22. The van der Waals surface area contributed by atoms with Gasteiger partial charge < -0.3 is 10.1 Å². The average molecular weight is 326 g/mol. The number of rotatable bonds is 8. The zero-order valence-corrected chi connectivity index (χ0v) is 13.5. The van der Waals surface area contributed by atoms with Crippen LogP contribution in [-0.4, -0.2) is 26.8 Å². The van der Waals surface area contributed by atoms with Gasteiger partial charge in [0.1, 0.15) is 0 Å². The maximum absolute atomic E-state index is 5.10. The summed E-state index contributed by atoms with van der Waals surface area (Å²) in [6, 6.07) is 8.75. The third kappa shape index (κ3) is 4.59. The molecule has 0 spiro atoms. The third-order valence-electron chi connectivity index (χ3n) is 4.10. The van der Waals surface area contributed by atoms with Crippen LogP contribution >= 0.6 is 15.9 Å². The van der Waals surface area contributed by atoms with Gasteiger partial charge in [0.2, 0.25) is 0 Å². The first-order valence-electron chi connectivity index (χ1n) is 7.08. The van der Waals surface area contributed by atoms with Crippen molar-refractivity contribution in [2.24, 2.45) is 11.3 Å². The molecule has 1 aromatic carbocycles. The minimum absolute atomic E-state index is 0.377. The molecule has 0 amide bonds. The van der Waals surface area contributed by atoms with E-state index in [-0.39, 0.29) is 0 Å². The summed E-state index contributed by atoms with van der Waals surface area (Å²) in [7, 11) is 1.75. The molecule has 3 heteroatoms. The largest absolute Gasteiger partial charge is 0.383 e. The van der Waals surface area contributed by atoms with E-state index in [4.69, 9.17) is 4.74 Å². The maximum atomic E-state index is 5.10. The molecular formula is C16H24BrNO. The fourth-order valence-corrected chi connectivity index (χ4v) is 3.01. The number of benzene rings is 1. The molecule has 1 N–H and O–H groups in total. The molecule has 106 valence electrons. The Labute approximate surface area is 125 Å². The predicted octanol–water partition coefficient (Wildman–Crippen LogP) is 3.64. The van der Waals surface area contributed by atoms with E-state index in [2.05, 4.69) is 52.4 Å². The smallest absolute Gasteiger partial charge is 0.0587 e. The molecule has 2 nitrogen and oxygen atoms in total. The van der Waals surface area contributed by atoms with Gasteiger partial charge in [-0.05, 0) is 48.3 Å². The molecule has 1 unspecified atom stereocenters. The second-order valence-corrected chi connectivity index (χ2v) is 6.82. The van der Waals surface area contributed by atoms with Crippen LogP contribution in [0.15, 0.2) is 28.7 Å². The van der Waals surface area contributed by atoms with Crippen molar-refractivity contribution in [1.82, 2.24) is 5.32 Å². The van der Waals surface area contributed by atoms with E-state index in [1.54, 1.807) is 7.11 Å². The molecule has 1 aliphatic carbocycles. The van der Waals surface area contributed by atoms with Crippen LogP contribution in [0.4, 0.5) is 0 Å². The number of ether oxygens (including phenoxy) is 1. The summed E-state index contributed by atoms with van der Waals surface area (Å²) in [5, 5.41) is 3.55. The Hall–Kier alpha value is -0.380. The molecule has 1 saturated carbocycles. The quantitative estimate of drug-likeness (QED) is 0.737. The van der Waals surface area contributed by atoms with Crippen molar-refractivity contribution in [3.05, 3.63) is 34.3 Å². The zero-order valence-electron chi connectivity index (χ0n) is 11.9. The zero-order chi connectivity index (χ0) is 13.7. The number of methoxy groups -OCH3 is 1. The van der Waals surface area contributed by atoms with Crippen molar-refractivity contribution in [2.45, 2.75) is 26.2 Å². The fourth-order valence-electron chi connectivity index (χ4n) is 2.75. The molecular weight excluding hydrogens is 302 g/mol. The van der Waals surface area contributed by atoms with E-state index >= 15 is 0 Å². The molecule has 1 fully saturated rings. The lowest BCUT2D eigenvalue weighted by molar-refractivity contribution is 0.187. The van der Waals surface area contributed by atoms with Crippen LogP contribution in [-0.2, 0) is 11.2 Å². The molecule has 0 aliphatic heterocycles. The van der Waals surface area contributed by atoms with E-state index in [0.29, 0.717) is 5.41 Å². The molecule has 1 aromatic rings. The summed E-state index contributed by atoms with van der Waals surface area (Å²) >= 11 is 3.50. The Morgan fingerprint density at radius 2 is 2.00 bits per heavy atom. The predicted molar refractivity (Wildman–Crippen MR) is 83.4 cm³/mol. The highest BCUT2D eigenvalue weighted by molar-refractivity contribution is 9.10. The van der Waals surface area contributed by atoms with E-state index in [1.807, 2.05) is 0 Å². The summed E-state index contributed by atoms with van der Waals surface area (Å²) in [6.07, 6.45) is 3.93. The summed E-state index contributed by atoms with van der Waals surface area (Å²) in [4.78, 5) is 0. The van der Waals surface area contributed by atoms with E-state index < -0.39 is 0 Å². The SMILES string of the molecule is COCCNCC(C)(Cc1ccc(Br)cc1)C1CC1. The third-order valence-corrected chi connectivity index (χ3v) is 4.62. The van der Waals surface area contributed by atoms with E-state index in [1.165, 1.54) is 18.4 Å². The lowest BCUT2D eigenvalue weighted by atomic mass is 9.79. The Balaban J connectivity index is 1.92. The van der Waals surface area contributed by atoms with Crippen molar-refractivity contribution in [2.75, 3.05) is 26.8 Å². The molecule has 2 rings (SSSR count). The van der Waals surface area contributed by atoms with Gasteiger partial charge in [0.25, 0.3) is 0 Å². The van der Waals surface area contributed by atoms with Gasteiger partial charge in [-0.3, -0.25) is 0 Å². The standard InChI is InChI=1S/C16H24BrNO/c1-16(14-5-6-14,12-18-9-10-19-2)11-13-3-7-15(17)8-4-13/h3-4,7-8,14,18H,5-6,9-12H2,1-2H3. The first kappa shape index (κ1) is 15.0. The summed E-state index contributed by atoms with van der Waals surface area (Å²) < 4.78 is 6.25. The molecule has 0 radical (unpaired) electrons. The molecule has 0 heterocycles. The highest BCUT2D eigenvalue weighted by Gasteiger charge is 2.40. The monoisotopic (exact) mass is 325 g/mol. The first-order valence-corrected chi connectivity index (χ1v) is 7.87. The van der Waals surface area contributed by atoms with Crippen molar-refractivity contribution >= 4 is 15.9 Å². The lowest BCUT2D eigenvalue weighted by Gasteiger charge is -2.30. The number of nitrogens with one attached hydrogen (secondary N) is 1. The van der Waals surface area contributed by atoms with Crippen molar-refractivity contribution in [3.63, 3.8) is 0 Å². The first-order chi connectivity index (χ1) is 9.14. The number of hydrogen-bond donors (Lipinski definition) is 1. The molecule has 1 atom stereocenters. The van der Waals surface area contributed by atoms with Gasteiger partial charge in [0, 0.05) is 24.7 Å². The van der Waals surface area contributed by atoms with Crippen LogP contribution in [0.3, 0.4) is 0 Å². The number of halogens is 1. The van der Waals surface area contributed by atoms with Gasteiger partial charge in [0.15, 0.2) is 0 Å². The fraction of sp³-hybridized carbons (Fsp3) is 0.625. The van der Waals surface area contributed by atoms with Crippen molar-refractivity contribution in [3.8, 4) is 0 Å². The van der Waals surface area contributed by atoms with Gasteiger partial charge >= 0.3 is 0 Å². The molecule has 19 heavy (non-hydrogen) atoms. The van der Waals surface area contributed by atoms with Crippen LogP contribution in [0, 0.1) is 11.3 Å². The molecule has 0 saturated heterocycles. The highest BCUT2D eigenvalue weighted by atomic mass is 79.9. The van der Waals surface area contributed by atoms with Crippen LogP contribution in [0.1, 0.15) is 25.3 Å². The normalized spacial score (nSPS) is 18.3. The number of hydrogen-bond acceptors (Lipinski definition) is 2. The minimum Gasteiger partial charge on any atom is -0.383 e. The Morgan fingerprint density at radius 3 is 2.58 bits per heavy atom. The summed E-state index contributed by atoms with van der Waals surface area (Å²) in [6.45, 7) is 5.24. The second-order valence-electron chi connectivity index (χ2n) is 5.90. The van der Waals surface area contributed by atoms with Gasteiger partial charge in [-0.1, -0.05) is 35.0 Å². The second kappa shape index (κ2) is 6.87. The van der Waals surface area contributed by atoms with Crippen LogP contribution in [0.25, 0.3) is 0 Å². The van der Waals surface area contributed by atoms with Gasteiger partial charge in [0.05, 0.1) is 6.61 Å². The Kier molecular flexibility index (Phi) is 5.43. The van der Waals surface area contributed by atoms with Crippen molar-refractivity contribution < 1.29 is 4.74 Å². The Bertz CT molecular complexity index is 388. The van der Waals surface area contributed by atoms with Crippen LogP contribution in [0.2, 0.25) is 0 Å². The summed E-state index contributed by atoms with van der Waals surface area (Å²) in [5.41, 5.74) is 1.81. The highest BCUT2D eigenvalue weighted by Crippen LogP contribution is 2.47. The van der Waals surface area contributed by atoms with Gasteiger partial charge in [-0.2, -0.15) is 0 Å². The lowest BCUT2D eigenvalue weighted by Crippen LogP contribution is -2.37. The molecule has 0 bridgehead atoms. The van der Waals surface area contributed by atoms with E-state index in [0.717, 1.165) is 36.5 Å². The van der Waals surface area contributed by atoms with Crippen LogP contribution < -0.4 is 5.32 Å². The van der Waals surface area contributed by atoms with Gasteiger partial charge in [-0.15, -0.1) is 0 Å². The molecule has 1 aliphatic rings. The Morgan fingerprint density at radius 1 is 1.32 bits per heavy atom. The van der Waals surface area contributed by atoms with Gasteiger partial charge in [-0.25, -0.2) is 0 Å².